The van der Waals surface area contributed by atoms with Crippen LogP contribution in [0, 0.1) is 0 Å². The Hall–Kier alpha value is -0.0800. The molecule has 60 valence electrons. The molecule has 1 aliphatic carbocycles. The van der Waals surface area contributed by atoms with Crippen LogP contribution in [0.1, 0.15) is 32.6 Å². The van der Waals surface area contributed by atoms with E-state index in [-0.39, 0.29) is 0 Å². The van der Waals surface area contributed by atoms with Gasteiger partial charge in [-0.2, -0.15) is 0 Å². The third-order valence-corrected chi connectivity index (χ3v) is 1.91. The zero-order valence-corrected chi connectivity index (χ0v) is 6.77. The fourth-order valence-corrected chi connectivity index (χ4v) is 1.08. The third kappa shape index (κ3) is 3.18. The van der Waals surface area contributed by atoms with Gasteiger partial charge in [-0.15, -0.1) is 0 Å². The van der Waals surface area contributed by atoms with E-state index in [1.54, 1.807) is 0 Å². The van der Waals surface area contributed by atoms with Gasteiger partial charge in [0.1, 0.15) is 0 Å². The number of nitrogens with one attached hydrogen (secondary N) is 1. The van der Waals surface area contributed by atoms with Crippen molar-refractivity contribution in [2.24, 2.45) is 5.73 Å². The van der Waals surface area contributed by atoms with Gasteiger partial charge >= 0.3 is 0 Å². The molecule has 0 heterocycles. The fraction of sp³-hybridized carbons (Fsp3) is 1.00. The number of hydrogen-bond donors (Lipinski definition) is 2. The quantitative estimate of drug-likeness (QED) is 0.597. The van der Waals surface area contributed by atoms with Crippen molar-refractivity contribution in [3.8, 4) is 0 Å². The van der Waals surface area contributed by atoms with Crippen LogP contribution in [-0.4, -0.2) is 18.6 Å². The van der Waals surface area contributed by atoms with Gasteiger partial charge in [0, 0.05) is 18.6 Å². The van der Waals surface area contributed by atoms with E-state index in [1.807, 2.05) is 0 Å². The molecule has 2 heteroatoms. The highest BCUT2D eigenvalue weighted by Gasteiger charge is 2.20. The zero-order chi connectivity index (χ0) is 7.40. The molecule has 0 spiro atoms. The summed E-state index contributed by atoms with van der Waals surface area (Å²) in [6.45, 7) is 3.19. The molecule has 1 aliphatic rings. The zero-order valence-electron chi connectivity index (χ0n) is 6.77. The summed E-state index contributed by atoms with van der Waals surface area (Å²) in [5.41, 5.74) is 5.80. The molecule has 0 aliphatic heterocycles. The van der Waals surface area contributed by atoms with E-state index in [1.165, 1.54) is 19.3 Å². The lowest BCUT2D eigenvalue weighted by Crippen LogP contribution is -2.34. The van der Waals surface area contributed by atoms with Crippen molar-refractivity contribution in [2.45, 2.75) is 44.7 Å². The second-order valence-electron chi connectivity index (χ2n) is 3.23. The van der Waals surface area contributed by atoms with Crippen LogP contribution < -0.4 is 11.1 Å². The molecule has 0 saturated heterocycles. The minimum Gasteiger partial charge on any atom is -0.327 e. The van der Waals surface area contributed by atoms with Gasteiger partial charge in [0.25, 0.3) is 0 Å². The van der Waals surface area contributed by atoms with E-state index in [9.17, 15) is 0 Å². The number of hydrogen-bond acceptors (Lipinski definition) is 2. The van der Waals surface area contributed by atoms with Crippen molar-refractivity contribution < 1.29 is 0 Å². The van der Waals surface area contributed by atoms with E-state index >= 15 is 0 Å². The van der Waals surface area contributed by atoms with Crippen molar-refractivity contribution in [3.05, 3.63) is 0 Å². The summed E-state index contributed by atoms with van der Waals surface area (Å²) in [5.74, 6) is 0. The second-order valence-corrected chi connectivity index (χ2v) is 3.23. The topological polar surface area (TPSA) is 38.0 Å². The Balaban J connectivity index is 1.89. The highest BCUT2D eigenvalue weighted by atomic mass is 15.0. The van der Waals surface area contributed by atoms with E-state index in [2.05, 4.69) is 12.2 Å². The molecule has 1 saturated carbocycles. The van der Waals surface area contributed by atoms with Crippen LogP contribution in [0.3, 0.4) is 0 Å². The highest BCUT2D eigenvalue weighted by molar-refractivity contribution is 4.82. The molecule has 1 atom stereocenters. The summed E-state index contributed by atoms with van der Waals surface area (Å²) in [6, 6.07) is 1.19. The predicted octanol–water partition coefficient (Wildman–Crippen LogP) is 0.866. The van der Waals surface area contributed by atoms with Crippen molar-refractivity contribution in [1.82, 2.24) is 5.32 Å². The van der Waals surface area contributed by atoms with Crippen LogP contribution in [0.4, 0.5) is 0 Å². The Bertz CT molecular complexity index is 89.3. The fourth-order valence-electron chi connectivity index (χ4n) is 1.08. The van der Waals surface area contributed by atoms with Gasteiger partial charge in [0.2, 0.25) is 0 Å². The summed E-state index contributed by atoms with van der Waals surface area (Å²) >= 11 is 0. The van der Waals surface area contributed by atoms with Crippen molar-refractivity contribution in [2.75, 3.05) is 6.54 Å². The highest BCUT2D eigenvalue weighted by Crippen LogP contribution is 2.18. The maximum atomic E-state index is 5.80. The first-order valence-corrected chi connectivity index (χ1v) is 4.32. The Kier molecular flexibility index (Phi) is 3.16. The van der Waals surface area contributed by atoms with Gasteiger partial charge in [0.15, 0.2) is 0 Å². The molecular formula is C8H18N2. The van der Waals surface area contributed by atoms with Gasteiger partial charge in [-0.1, -0.05) is 13.3 Å². The van der Waals surface area contributed by atoms with Gasteiger partial charge in [-0.05, 0) is 19.3 Å². The van der Waals surface area contributed by atoms with Crippen molar-refractivity contribution in [1.29, 1.82) is 0 Å². The van der Waals surface area contributed by atoms with Gasteiger partial charge in [-0.3, -0.25) is 0 Å². The largest absolute Gasteiger partial charge is 0.327 e. The van der Waals surface area contributed by atoms with Gasteiger partial charge in [-0.25, -0.2) is 0 Å². The van der Waals surface area contributed by atoms with E-state index in [0.717, 1.165) is 19.0 Å². The normalized spacial score (nSPS) is 21.0. The Morgan fingerprint density at radius 1 is 1.60 bits per heavy atom. The van der Waals surface area contributed by atoms with Crippen LogP contribution in [-0.2, 0) is 0 Å². The molecule has 0 unspecified atom stereocenters. The Morgan fingerprint density at radius 3 is 2.80 bits per heavy atom. The Morgan fingerprint density at radius 2 is 2.30 bits per heavy atom. The maximum absolute atomic E-state index is 5.80. The van der Waals surface area contributed by atoms with E-state index in [0.29, 0.717) is 6.04 Å². The molecule has 0 bridgehead atoms. The second kappa shape index (κ2) is 3.94. The average Bonchev–Trinajstić information content (AvgIpc) is 2.67. The lowest BCUT2D eigenvalue weighted by Gasteiger charge is -2.09. The lowest BCUT2D eigenvalue weighted by molar-refractivity contribution is 0.537. The first kappa shape index (κ1) is 8.02. The molecule has 0 radical (unpaired) electrons. The molecule has 0 aromatic rings. The minimum absolute atomic E-state index is 0.380. The van der Waals surface area contributed by atoms with Gasteiger partial charge < -0.3 is 11.1 Å². The Labute approximate surface area is 63.2 Å². The molecule has 1 rings (SSSR count). The minimum atomic E-state index is 0.380. The standard InChI is InChI=1S/C8H18N2/c1-2-3-7(9)6-10-8-4-5-8/h7-8,10H,2-6,9H2,1H3/t7-/m0/s1. The molecule has 0 aromatic heterocycles. The number of rotatable bonds is 5. The van der Waals surface area contributed by atoms with Crippen LogP contribution in [0.25, 0.3) is 0 Å². The molecule has 2 nitrogen and oxygen atoms in total. The molecule has 0 aromatic carbocycles. The van der Waals surface area contributed by atoms with Crippen LogP contribution in [0.2, 0.25) is 0 Å². The average molecular weight is 142 g/mol. The number of nitrogens with two attached hydrogens (primary N) is 1. The third-order valence-electron chi connectivity index (χ3n) is 1.91. The molecular weight excluding hydrogens is 124 g/mol. The monoisotopic (exact) mass is 142 g/mol. The molecule has 3 N–H and O–H groups in total. The van der Waals surface area contributed by atoms with Crippen LogP contribution in [0.5, 0.6) is 0 Å². The van der Waals surface area contributed by atoms with Crippen molar-refractivity contribution in [3.63, 3.8) is 0 Å². The molecule has 10 heavy (non-hydrogen) atoms. The van der Waals surface area contributed by atoms with Gasteiger partial charge in [0.05, 0.1) is 0 Å². The molecule has 0 amide bonds. The van der Waals surface area contributed by atoms with Crippen LogP contribution >= 0.6 is 0 Å². The summed E-state index contributed by atoms with van der Waals surface area (Å²) in [5, 5.41) is 3.42. The summed E-state index contributed by atoms with van der Waals surface area (Å²) in [6.07, 6.45) is 5.07. The first-order chi connectivity index (χ1) is 4.83. The summed E-state index contributed by atoms with van der Waals surface area (Å²) in [4.78, 5) is 0. The van der Waals surface area contributed by atoms with Crippen molar-refractivity contribution >= 4 is 0 Å². The lowest BCUT2D eigenvalue weighted by atomic mass is 10.2. The van der Waals surface area contributed by atoms with E-state index in [4.69, 9.17) is 5.73 Å². The smallest absolute Gasteiger partial charge is 0.0165 e. The van der Waals surface area contributed by atoms with Crippen LogP contribution in [0.15, 0.2) is 0 Å². The summed E-state index contributed by atoms with van der Waals surface area (Å²) in [7, 11) is 0. The SMILES string of the molecule is CCC[C@H](N)CNC1CC1. The van der Waals surface area contributed by atoms with E-state index < -0.39 is 0 Å². The summed E-state index contributed by atoms with van der Waals surface area (Å²) < 4.78 is 0. The molecule has 1 fully saturated rings. The predicted molar refractivity (Wildman–Crippen MR) is 43.9 cm³/mol. The maximum Gasteiger partial charge on any atom is 0.0165 e. The first-order valence-electron chi connectivity index (χ1n) is 4.32.